The van der Waals surface area contributed by atoms with E-state index in [-0.39, 0.29) is 5.60 Å². The van der Waals surface area contributed by atoms with Gasteiger partial charge in [-0.2, -0.15) is 0 Å². The Labute approximate surface area is 63.4 Å². The minimum atomic E-state index is -0.0913. The third-order valence-electron chi connectivity index (χ3n) is 0.774. The molecular formula is C9H16O. The maximum absolute atomic E-state index is 5.30. The van der Waals surface area contributed by atoms with Gasteiger partial charge in [-0.15, -0.1) is 0 Å². The van der Waals surface area contributed by atoms with Crippen LogP contribution in [0.25, 0.3) is 0 Å². The van der Waals surface area contributed by atoms with Crippen molar-refractivity contribution in [3.8, 4) is 0 Å². The quantitative estimate of drug-likeness (QED) is 0.423. The summed E-state index contributed by atoms with van der Waals surface area (Å²) in [6.07, 6.45) is 3.54. The third kappa shape index (κ3) is 7.28. The van der Waals surface area contributed by atoms with E-state index in [0.717, 1.165) is 5.57 Å². The first-order valence-corrected chi connectivity index (χ1v) is 3.42. The van der Waals surface area contributed by atoms with Crippen LogP contribution >= 0.6 is 0 Å². The second kappa shape index (κ2) is 3.45. The van der Waals surface area contributed by atoms with Crippen molar-refractivity contribution in [1.29, 1.82) is 0 Å². The van der Waals surface area contributed by atoms with Gasteiger partial charge in [-0.1, -0.05) is 12.2 Å². The van der Waals surface area contributed by atoms with Crippen molar-refractivity contribution in [2.75, 3.05) is 0 Å². The van der Waals surface area contributed by atoms with Crippen molar-refractivity contribution >= 4 is 0 Å². The van der Waals surface area contributed by atoms with Crippen LogP contribution in [0.1, 0.15) is 27.7 Å². The highest BCUT2D eigenvalue weighted by molar-refractivity contribution is 5.08. The van der Waals surface area contributed by atoms with Crippen molar-refractivity contribution in [2.24, 2.45) is 0 Å². The molecule has 0 heterocycles. The van der Waals surface area contributed by atoms with Gasteiger partial charge in [0.05, 0.1) is 11.9 Å². The van der Waals surface area contributed by atoms with Gasteiger partial charge in [-0.25, -0.2) is 0 Å². The van der Waals surface area contributed by atoms with Gasteiger partial charge in [0.2, 0.25) is 0 Å². The lowest BCUT2D eigenvalue weighted by Crippen LogP contribution is -2.15. The Bertz CT molecular complexity index is 137. The molecular weight excluding hydrogens is 124 g/mol. The standard InChI is InChI=1S/C9H16O/c1-8(2)6-7-10-9(3,4)5/h6-7H,1H2,2-5H3/b7-6+. The molecule has 0 unspecified atom stereocenters. The molecule has 0 saturated carbocycles. The van der Waals surface area contributed by atoms with E-state index in [1.807, 2.05) is 33.8 Å². The predicted molar refractivity (Wildman–Crippen MR) is 44.8 cm³/mol. The topological polar surface area (TPSA) is 9.23 Å². The molecule has 0 fully saturated rings. The van der Waals surface area contributed by atoms with E-state index in [2.05, 4.69) is 6.58 Å². The molecule has 0 atom stereocenters. The summed E-state index contributed by atoms with van der Waals surface area (Å²) in [6.45, 7) is 11.7. The highest BCUT2D eigenvalue weighted by atomic mass is 16.5. The summed E-state index contributed by atoms with van der Waals surface area (Å²) in [5.74, 6) is 0. The lowest BCUT2D eigenvalue weighted by Gasteiger charge is -2.17. The zero-order valence-electron chi connectivity index (χ0n) is 7.27. The molecule has 0 rings (SSSR count). The summed E-state index contributed by atoms with van der Waals surface area (Å²) in [4.78, 5) is 0. The Morgan fingerprint density at radius 2 is 1.90 bits per heavy atom. The normalized spacial score (nSPS) is 12.0. The first kappa shape index (κ1) is 9.28. The molecule has 10 heavy (non-hydrogen) atoms. The predicted octanol–water partition coefficient (Wildman–Crippen LogP) is 2.89. The lowest BCUT2D eigenvalue weighted by atomic mass is 10.2. The third-order valence-corrected chi connectivity index (χ3v) is 0.774. The molecule has 0 aliphatic heterocycles. The van der Waals surface area contributed by atoms with Crippen molar-refractivity contribution in [2.45, 2.75) is 33.3 Å². The van der Waals surface area contributed by atoms with Gasteiger partial charge >= 0.3 is 0 Å². The fraction of sp³-hybridized carbons (Fsp3) is 0.556. The molecule has 0 aromatic carbocycles. The van der Waals surface area contributed by atoms with Crippen LogP contribution in [0.5, 0.6) is 0 Å². The van der Waals surface area contributed by atoms with Crippen molar-refractivity contribution in [3.63, 3.8) is 0 Å². The molecule has 0 amide bonds. The second-order valence-electron chi connectivity index (χ2n) is 3.38. The van der Waals surface area contributed by atoms with E-state index >= 15 is 0 Å². The molecule has 1 nitrogen and oxygen atoms in total. The summed E-state index contributed by atoms with van der Waals surface area (Å²) < 4.78 is 5.30. The molecule has 58 valence electrons. The van der Waals surface area contributed by atoms with Gasteiger partial charge in [0.25, 0.3) is 0 Å². The largest absolute Gasteiger partial charge is 0.496 e. The second-order valence-corrected chi connectivity index (χ2v) is 3.38. The summed E-state index contributed by atoms with van der Waals surface area (Å²) >= 11 is 0. The molecule has 0 bridgehead atoms. The van der Waals surface area contributed by atoms with Crippen LogP contribution in [0.3, 0.4) is 0 Å². The van der Waals surface area contributed by atoms with Gasteiger partial charge in [0, 0.05) is 0 Å². The molecule has 0 saturated heterocycles. The minimum Gasteiger partial charge on any atom is -0.496 e. The van der Waals surface area contributed by atoms with Crippen molar-refractivity contribution in [3.05, 3.63) is 24.5 Å². The van der Waals surface area contributed by atoms with Crippen LogP contribution in [0.2, 0.25) is 0 Å². The number of hydrogen-bond acceptors (Lipinski definition) is 1. The van der Waals surface area contributed by atoms with Crippen LogP contribution in [-0.2, 0) is 4.74 Å². The molecule has 0 radical (unpaired) electrons. The Kier molecular flexibility index (Phi) is 3.20. The highest BCUT2D eigenvalue weighted by Crippen LogP contribution is 2.07. The molecule has 0 N–H and O–H groups in total. The minimum absolute atomic E-state index is 0.0913. The van der Waals surface area contributed by atoms with Gasteiger partial charge < -0.3 is 4.74 Å². The van der Waals surface area contributed by atoms with Gasteiger partial charge in [0.15, 0.2) is 0 Å². The first-order chi connectivity index (χ1) is 4.42. The monoisotopic (exact) mass is 140 g/mol. The van der Waals surface area contributed by atoms with Crippen LogP contribution in [0.15, 0.2) is 24.5 Å². The highest BCUT2D eigenvalue weighted by Gasteiger charge is 2.06. The smallest absolute Gasteiger partial charge is 0.0998 e. The van der Waals surface area contributed by atoms with Gasteiger partial charge in [0.1, 0.15) is 0 Å². The van der Waals surface area contributed by atoms with Crippen LogP contribution in [0.4, 0.5) is 0 Å². The fourth-order valence-electron chi connectivity index (χ4n) is 0.354. The fourth-order valence-corrected chi connectivity index (χ4v) is 0.354. The van der Waals surface area contributed by atoms with Crippen LogP contribution < -0.4 is 0 Å². The molecule has 0 spiro atoms. The van der Waals surface area contributed by atoms with Crippen LogP contribution in [0, 0.1) is 0 Å². The Balaban J connectivity index is 3.64. The number of allylic oxidation sites excluding steroid dienone is 2. The van der Waals surface area contributed by atoms with E-state index in [0.29, 0.717) is 0 Å². The SMILES string of the molecule is C=C(C)/C=C/OC(C)(C)C. The zero-order chi connectivity index (χ0) is 8.20. The van der Waals surface area contributed by atoms with Crippen molar-refractivity contribution in [1.82, 2.24) is 0 Å². The van der Waals surface area contributed by atoms with Gasteiger partial charge in [-0.05, 0) is 33.8 Å². The summed E-state index contributed by atoms with van der Waals surface area (Å²) in [7, 11) is 0. The number of hydrogen-bond donors (Lipinski definition) is 0. The average molecular weight is 140 g/mol. The van der Waals surface area contributed by atoms with E-state index in [9.17, 15) is 0 Å². The lowest BCUT2D eigenvalue weighted by molar-refractivity contribution is 0.0766. The molecule has 1 heteroatoms. The number of rotatable bonds is 2. The average Bonchev–Trinajstić information content (AvgIpc) is 1.59. The van der Waals surface area contributed by atoms with E-state index < -0.39 is 0 Å². The van der Waals surface area contributed by atoms with E-state index in [1.54, 1.807) is 6.26 Å². The maximum atomic E-state index is 5.30. The molecule has 0 aliphatic carbocycles. The summed E-state index contributed by atoms with van der Waals surface area (Å²) in [6, 6.07) is 0. The van der Waals surface area contributed by atoms with Crippen molar-refractivity contribution < 1.29 is 4.74 Å². The molecule has 0 aromatic heterocycles. The molecule has 0 aliphatic rings. The Morgan fingerprint density at radius 3 is 2.20 bits per heavy atom. The Morgan fingerprint density at radius 1 is 1.40 bits per heavy atom. The van der Waals surface area contributed by atoms with Gasteiger partial charge in [-0.3, -0.25) is 0 Å². The zero-order valence-corrected chi connectivity index (χ0v) is 7.27. The Hall–Kier alpha value is -0.720. The summed E-state index contributed by atoms with van der Waals surface area (Å²) in [5, 5.41) is 0. The first-order valence-electron chi connectivity index (χ1n) is 3.42. The number of ether oxygens (including phenoxy) is 1. The van der Waals surface area contributed by atoms with E-state index in [1.165, 1.54) is 0 Å². The maximum Gasteiger partial charge on any atom is 0.0998 e. The van der Waals surface area contributed by atoms with E-state index in [4.69, 9.17) is 4.74 Å². The molecule has 0 aromatic rings. The summed E-state index contributed by atoms with van der Waals surface area (Å²) in [5.41, 5.74) is 0.913. The van der Waals surface area contributed by atoms with Crippen LogP contribution in [-0.4, -0.2) is 5.60 Å².